The predicted molar refractivity (Wildman–Crippen MR) is 65.8 cm³/mol. The van der Waals surface area contributed by atoms with Gasteiger partial charge in [0.15, 0.2) is 5.82 Å². The van der Waals surface area contributed by atoms with E-state index in [9.17, 15) is 0 Å². The highest BCUT2D eigenvalue weighted by Gasteiger charge is 2.20. The number of aromatic amines is 1. The van der Waals surface area contributed by atoms with Crippen molar-refractivity contribution in [1.82, 2.24) is 25.7 Å². The lowest BCUT2D eigenvalue weighted by molar-refractivity contribution is 0.402. The zero-order valence-electron chi connectivity index (χ0n) is 10.4. The average molecular weight is 247 g/mol. The molecule has 0 radical (unpaired) electrons. The van der Waals surface area contributed by atoms with Crippen LogP contribution in [0.3, 0.4) is 0 Å². The lowest BCUT2D eigenvalue weighted by atomic mass is 10.1. The molecular weight excluding hydrogens is 230 g/mol. The van der Waals surface area contributed by atoms with Gasteiger partial charge in [-0.05, 0) is 26.3 Å². The van der Waals surface area contributed by atoms with Gasteiger partial charge in [0, 0.05) is 5.69 Å². The predicted octanol–water partition coefficient (Wildman–Crippen LogP) is 1.97. The van der Waals surface area contributed by atoms with Crippen LogP contribution in [0.2, 0.25) is 0 Å². The summed E-state index contributed by atoms with van der Waals surface area (Å²) in [6.07, 6.45) is 6.50. The third-order valence-electron chi connectivity index (χ3n) is 3.37. The molecule has 2 aromatic heterocycles. The van der Waals surface area contributed by atoms with E-state index in [2.05, 4.69) is 25.7 Å². The maximum atomic E-state index is 5.32. The van der Waals surface area contributed by atoms with Crippen LogP contribution in [0.1, 0.15) is 43.2 Å². The van der Waals surface area contributed by atoms with Gasteiger partial charge in [-0.1, -0.05) is 18.0 Å². The molecule has 1 aliphatic rings. The molecule has 0 amide bonds. The van der Waals surface area contributed by atoms with Crippen molar-refractivity contribution in [3.63, 3.8) is 0 Å². The number of H-pyrrole nitrogens is 1. The topological polar surface area (TPSA) is 79.6 Å². The summed E-state index contributed by atoms with van der Waals surface area (Å²) in [4.78, 5) is 4.48. The monoisotopic (exact) mass is 247 g/mol. The molecule has 3 heterocycles. The van der Waals surface area contributed by atoms with E-state index < -0.39 is 0 Å². The van der Waals surface area contributed by atoms with Crippen LogP contribution in [0.4, 0.5) is 0 Å². The van der Waals surface area contributed by atoms with Gasteiger partial charge < -0.3 is 9.84 Å². The molecule has 6 nitrogen and oxygen atoms in total. The number of aryl methyl sites for hydroxylation is 1. The van der Waals surface area contributed by atoms with Gasteiger partial charge in [0.25, 0.3) is 5.89 Å². The molecule has 2 N–H and O–H groups in total. The van der Waals surface area contributed by atoms with E-state index in [1.807, 2.05) is 6.92 Å². The Hall–Kier alpha value is -1.69. The highest BCUT2D eigenvalue weighted by Crippen LogP contribution is 2.24. The van der Waals surface area contributed by atoms with E-state index in [4.69, 9.17) is 4.52 Å². The standard InChI is InChI=1S/C12H17N5O/c1-8-9(7-14-16-8)12-15-11(17-18-12)10-5-3-2-4-6-13-10/h7,10,13H,2-6H2,1H3,(H,14,16). The number of nitrogens with one attached hydrogen (secondary N) is 2. The fourth-order valence-electron chi connectivity index (χ4n) is 2.30. The Morgan fingerprint density at radius 3 is 3.11 bits per heavy atom. The Kier molecular flexibility index (Phi) is 3.10. The van der Waals surface area contributed by atoms with Gasteiger partial charge in [-0.25, -0.2) is 0 Å². The molecule has 0 aliphatic carbocycles. The normalized spacial score (nSPS) is 20.8. The van der Waals surface area contributed by atoms with Crippen molar-refractivity contribution >= 4 is 0 Å². The van der Waals surface area contributed by atoms with Crippen LogP contribution < -0.4 is 5.32 Å². The van der Waals surface area contributed by atoms with E-state index in [-0.39, 0.29) is 6.04 Å². The van der Waals surface area contributed by atoms with E-state index in [0.717, 1.165) is 30.0 Å². The van der Waals surface area contributed by atoms with Crippen LogP contribution in [0.15, 0.2) is 10.7 Å². The second kappa shape index (κ2) is 4.89. The highest BCUT2D eigenvalue weighted by atomic mass is 16.5. The van der Waals surface area contributed by atoms with Crippen molar-refractivity contribution in [3.8, 4) is 11.5 Å². The Balaban J connectivity index is 1.82. The second-order valence-electron chi connectivity index (χ2n) is 4.72. The first-order valence-electron chi connectivity index (χ1n) is 6.42. The zero-order chi connectivity index (χ0) is 12.4. The summed E-state index contributed by atoms with van der Waals surface area (Å²) in [6.45, 7) is 2.97. The van der Waals surface area contributed by atoms with Crippen LogP contribution in [-0.2, 0) is 0 Å². The van der Waals surface area contributed by atoms with E-state index >= 15 is 0 Å². The SMILES string of the molecule is Cc1[nH]ncc1-c1nc(C2CCCCCN2)no1. The summed E-state index contributed by atoms with van der Waals surface area (Å²) >= 11 is 0. The fraction of sp³-hybridized carbons (Fsp3) is 0.583. The van der Waals surface area contributed by atoms with Gasteiger partial charge in [-0.15, -0.1) is 0 Å². The van der Waals surface area contributed by atoms with Crippen LogP contribution in [0, 0.1) is 6.92 Å². The summed E-state index contributed by atoms with van der Waals surface area (Å²) in [6, 6.07) is 0.220. The van der Waals surface area contributed by atoms with Gasteiger partial charge in [0.1, 0.15) is 0 Å². The summed E-state index contributed by atoms with van der Waals surface area (Å²) in [7, 11) is 0. The van der Waals surface area contributed by atoms with Gasteiger partial charge in [0.05, 0.1) is 17.8 Å². The Bertz CT molecular complexity index is 510. The summed E-state index contributed by atoms with van der Waals surface area (Å²) in [5.74, 6) is 1.30. The summed E-state index contributed by atoms with van der Waals surface area (Å²) in [5, 5.41) is 14.4. The first-order chi connectivity index (χ1) is 8.84. The molecule has 0 spiro atoms. The lowest BCUT2D eigenvalue weighted by Gasteiger charge is -2.09. The number of hydrogen-bond acceptors (Lipinski definition) is 5. The molecule has 96 valence electrons. The van der Waals surface area contributed by atoms with Crippen LogP contribution in [0.5, 0.6) is 0 Å². The Morgan fingerprint density at radius 1 is 1.33 bits per heavy atom. The average Bonchev–Trinajstić information content (AvgIpc) is 2.91. The Labute approximate surface area is 105 Å². The maximum absolute atomic E-state index is 5.32. The molecule has 1 saturated heterocycles. The molecule has 0 saturated carbocycles. The number of aromatic nitrogens is 4. The number of hydrogen-bond donors (Lipinski definition) is 2. The third-order valence-corrected chi connectivity index (χ3v) is 3.37. The zero-order valence-corrected chi connectivity index (χ0v) is 10.4. The largest absolute Gasteiger partial charge is 0.334 e. The molecule has 1 unspecified atom stereocenters. The third kappa shape index (κ3) is 2.15. The van der Waals surface area contributed by atoms with Gasteiger partial charge in [-0.3, -0.25) is 5.10 Å². The molecule has 0 aromatic carbocycles. The van der Waals surface area contributed by atoms with E-state index in [1.54, 1.807) is 6.20 Å². The molecular formula is C12H17N5O. The van der Waals surface area contributed by atoms with Crippen LogP contribution in [-0.4, -0.2) is 26.9 Å². The molecule has 18 heavy (non-hydrogen) atoms. The molecule has 1 atom stereocenters. The van der Waals surface area contributed by atoms with Gasteiger partial charge >= 0.3 is 0 Å². The van der Waals surface area contributed by atoms with Crippen molar-refractivity contribution in [2.45, 2.75) is 38.6 Å². The van der Waals surface area contributed by atoms with Crippen molar-refractivity contribution in [2.24, 2.45) is 0 Å². The Morgan fingerprint density at radius 2 is 2.28 bits per heavy atom. The molecule has 1 fully saturated rings. The molecule has 6 heteroatoms. The quantitative estimate of drug-likeness (QED) is 0.848. The van der Waals surface area contributed by atoms with Crippen molar-refractivity contribution < 1.29 is 4.52 Å². The second-order valence-corrected chi connectivity index (χ2v) is 4.72. The summed E-state index contributed by atoms with van der Waals surface area (Å²) in [5.41, 5.74) is 1.82. The minimum absolute atomic E-state index is 0.220. The van der Waals surface area contributed by atoms with Gasteiger partial charge in [0.2, 0.25) is 0 Å². The fourth-order valence-corrected chi connectivity index (χ4v) is 2.30. The van der Waals surface area contributed by atoms with Crippen molar-refractivity contribution in [2.75, 3.05) is 6.54 Å². The van der Waals surface area contributed by atoms with E-state index in [1.165, 1.54) is 19.3 Å². The molecule has 3 rings (SSSR count). The van der Waals surface area contributed by atoms with Crippen LogP contribution in [0.25, 0.3) is 11.5 Å². The van der Waals surface area contributed by atoms with Gasteiger partial charge in [-0.2, -0.15) is 10.1 Å². The van der Waals surface area contributed by atoms with Crippen LogP contribution >= 0.6 is 0 Å². The smallest absolute Gasteiger partial charge is 0.261 e. The highest BCUT2D eigenvalue weighted by molar-refractivity contribution is 5.54. The van der Waals surface area contributed by atoms with Crippen molar-refractivity contribution in [3.05, 3.63) is 17.7 Å². The number of rotatable bonds is 2. The molecule has 2 aromatic rings. The summed E-state index contributed by atoms with van der Waals surface area (Å²) < 4.78 is 5.32. The maximum Gasteiger partial charge on any atom is 0.261 e. The lowest BCUT2D eigenvalue weighted by Crippen LogP contribution is -2.21. The van der Waals surface area contributed by atoms with Crippen molar-refractivity contribution in [1.29, 1.82) is 0 Å². The molecule has 1 aliphatic heterocycles. The van der Waals surface area contributed by atoms with E-state index in [0.29, 0.717) is 5.89 Å². The minimum Gasteiger partial charge on any atom is -0.334 e. The molecule has 0 bridgehead atoms. The number of nitrogens with zero attached hydrogens (tertiary/aromatic N) is 3. The first-order valence-corrected chi connectivity index (χ1v) is 6.42. The first kappa shape index (κ1) is 11.4. The minimum atomic E-state index is 0.220.